The van der Waals surface area contributed by atoms with Crippen LogP contribution < -0.4 is 10.6 Å². The van der Waals surface area contributed by atoms with Crippen LogP contribution in [0.4, 0.5) is 10.1 Å². The van der Waals surface area contributed by atoms with Crippen LogP contribution in [-0.2, 0) is 19.1 Å². The summed E-state index contributed by atoms with van der Waals surface area (Å²) in [6.45, 7) is -0.635. The standard InChI is InChI=1S/C19H23FN2O4/c20-15-3-5-16(6-4-15)22-17(23)10-21-18(24)11-26-19(25)9-14-8-12-1-2-13(14)7-12/h3-6,12-14H,1-2,7-11H2,(H,21,24)(H,22,23)/t12-,13+,14-/m0/s1. The van der Waals surface area contributed by atoms with E-state index in [0.717, 1.165) is 12.3 Å². The molecule has 2 aliphatic rings. The molecule has 0 aromatic heterocycles. The molecule has 6 nitrogen and oxygen atoms in total. The summed E-state index contributed by atoms with van der Waals surface area (Å²) in [5, 5.41) is 4.91. The second-order valence-electron chi connectivity index (χ2n) is 7.13. The van der Waals surface area contributed by atoms with Gasteiger partial charge in [-0.05, 0) is 61.3 Å². The van der Waals surface area contributed by atoms with E-state index in [4.69, 9.17) is 4.74 Å². The zero-order valence-electron chi connectivity index (χ0n) is 14.5. The molecular weight excluding hydrogens is 339 g/mol. The van der Waals surface area contributed by atoms with Crippen LogP contribution in [0.1, 0.15) is 32.1 Å². The van der Waals surface area contributed by atoms with Gasteiger partial charge < -0.3 is 15.4 Å². The van der Waals surface area contributed by atoms with Gasteiger partial charge in [0, 0.05) is 12.1 Å². The van der Waals surface area contributed by atoms with E-state index >= 15 is 0 Å². The number of hydrogen-bond donors (Lipinski definition) is 2. The Kier molecular flexibility index (Phi) is 5.85. The summed E-state index contributed by atoms with van der Waals surface area (Å²) >= 11 is 0. The summed E-state index contributed by atoms with van der Waals surface area (Å²) in [6, 6.07) is 5.30. The van der Waals surface area contributed by atoms with Crippen LogP contribution in [0.15, 0.2) is 24.3 Å². The highest BCUT2D eigenvalue weighted by atomic mass is 19.1. The number of anilines is 1. The molecular formula is C19H23FN2O4. The summed E-state index contributed by atoms with van der Waals surface area (Å²) in [7, 11) is 0. The van der Waals surface area contributed by atoms with Gasteiger partial charge in [0.2, 0.25) is 5.91 Å². The fourth-order valence-corrected chi connectivity index (χ4v) is 4.01. The fourth-order valence-electron chi connectivity index (χ4n) is 4.01. The topological polar surface area (TPSA) is 84.5 Å². The van der Waals surface area contributed by atoms with Gasteiger partial charge in [0.15, 0.2) is 6.61 Å². The lowest BCUT2D eigenvalue weighted by Crippen LogP contribution is -2.35. The molecule has 0 saturated heterocycles. The average Bonchev–Trinajstić information content (AvgIpc) is 3.23. The van der Waals surface area contributed by atoms with E-state index in [-0.39, 0.29) is 19.1 Å². The Bertz CT molecular complexity index is 677. The highest BCUT2D eigenvalue weighted by Crippen LogP contribution is 2.49. The first-order chi connectivity index (χ1) is 12.5. The Morgan fingerprint density at radius 2 is 1.85 bits per heavy atom. The number of rotatable bonds is 7. The molecule has 2 aliphatic carbocycles. The van der Waals surface area contributed by atoms with Crippen molar-refractivity contribution >= 4 is 23.5 Å². The summed E-state index contributed by atoms with van der Waals surface area (Å²) in [6.07, 6.45) is 5.17. The SMILES string of the molecule is O=C(COC(=O)C[C@@H]1C[C@H]2CC[C@@H]1C2)NCC(=O)Nc1ccc(F)cc1. The minimum absolute atomic E-state index is 0.250. The quantitative estimate of drug-likeness (QED) is 0.729. The Morgan fingerprint density at radius 3 is 2.50 bits per heavy atom. The van der Waals surface area contributed by atoms with Crippen LogP contribution in [0, 0.1) is 23.6 Å². The van der Waals surface area contributed by atoms with Crippen molar-refractivity contribution in [3.8, 4) is 0 Å². The molecule has 2 bridgehead atoms. The summed E-state index contributed by atoms with van der Waals surface area (Å²) in [5.74, 6) is 0.0684. The predicted octanol–water partition coefficient (Wildman–Crippen LogP) is 2.25. The van der Waals surface area contributed by atoms with Crippen molar-refractivity contribution in [2.24, 2.45) is 17.8 Å². The molecule has 3 atom stereocenters. The van der Waals surface area contributed by atoms with Gasteiger partial charge in [-0.2, -0.15) is 0 Å². The van der Waals surface area contributed by atoms with Crippen molar-refractivity contribution in [1.29, 1.82) is 0 Å². The molecule has 0 aliphatic heterocycles. The summed E-state index contributed by atoms with van der Waals surface area (Å²) in [4.78, 5) is 35.3. The van der Waals surface area contributed by atoms with Crippen LogP contribution in [0.2, 0.25) is 0 Å². The van der Waals surface area contributed by atoms with Crippen molar-refractivity contribution in [3.63, 3.8) is 0 Å². The third kappa shape index (κ3) is 5.03. The van der Waals surface area contributed by atoms with Gasteiger partial charge in [-0.1, -0.05) is 6.42 Å². The smallest absolute Gasteiger partial charge is 0.306 e. The van der Waals surface area contributed by atoms with Crippen LogP contribution in [-0.4, -0.2) is 30.9 Å². The molecule has 2 fully saturated rings. The second kappa shape index (κ2) is 8.29. The van der Waals surface area contributed by atoms with Crippen molar-refractivity contribution < 1.29 is 23.5 Å². The van der Waals surface area contributed by atoms with Gasteiger partial charge in [-0.15, -0.1) is 0 Å². The molecule has 0 radical (unpaired) electrons. The average molecular weight is 362 g/mol. The molecule has 0 spiro atoms. The lowest BCUT2D eigenvalue weighted by molar-refractivity contribution is -0.149. The third-order valence-electron chi connectivity index (χ3n) is 5.25. The molecule has 140 valence electrons. The van der Waals surface area contributed by atoms with Gasteiger partial charge in [-0.3, -0.25) is 14.4 Å². The molecule has 0 heterocycles. The molecule has 3 rings (SSSR count). The molecule has 0 unspecified atom stereocenters. The van der Waals surface area contributed by atoms with E-state index in [1.54, 1.807) is 0 Å². The summed E-state index contributed by atoms with van der Waals surface area (Å²) in [5.41, 5.74) is 0.433. The molecule has 26 heavy (non-hydrogen) atoms. The zero-order valence-corrected chi connectivity index (χ0v) is 14.5. The van der Waals surface area contributed by atoms with E-state index in [9.17, 15) is 18.8 Å². The maximum Gasteiger partial charge on any atom is 0.306 e. The first kappa shape index (κ1) is 18.4. The first-order valence-electron chi connectivity index (χ1n) is 8.97. The van der Waals surface area contributed by atoms with Gasteiger partial charge in [0.25, 0.3) is 5.91 Å². The van der Waals surface area contributed by atoms with Gasteiger partial charge in [0.05, 0.1) is 6.54 Å². The predicted molar refractivity (Wildman–Crippen MR) is 92.6 cm³/mol. The van der Waals surface area contributed by atoms with Gasteiger partial charge in [0.1, 0.15) is 5.82 Å². The maximum atomic E-state index is 12.8. The number of amides is 2. The first-order valence-corrected chi connectivity index (χ1v) is 8.97. The largest absolute Gasteiger partial charge is 0.456 e. The highest BCUT2D eigenvalue weighted by molar-refractivity contribution is 5.94. The van der Waals surface area contributed by atoms with Gasteiger partial charge in [-0.25, -0.2) is 4.39 Å². The van der Waals surface area contributed by atoms with Crippen molar-refractivity contribution in [2.45, 2.75) is 32.1 Å². The van der Waals surface area contributed by atoms with E-state index in [1.165, 1.54) is 43.5 Å². The highest BCUT2D eigenvalue weighted by Gasteiger charge is 2.40. The molecule has 2 amide bonds. The Labute approximate surface area is 151 Å². The number of ether oxygens (including phenoxy) is 1. The molecule has 1 aromatic carbocycles. The molecule has 7 heteroatoms. The number of carbonyl (C=O) groups excluding carboxylic acids is 3. The molecule has 1 aromatic rings. The van der Waals surface area contributed by atoms with E-state index in [2.05, 4.69) is 10.6 Å². The Hall–Kier alpha value is -2.44. The molecule has 2 N–H and O–H groups in total. The Balaban J connectivity index is 1.30. The normalized spacial score (nSPS) is 23.5. The number of nitrogens with one attached hydrogen (secondary N) is 2. The maximum absolute atomic E-state index is 12.8. The lowest BCUT2D eigenvalue weighted by Gasteiger charge is -2.20. The van der Waals surface area contributed by atoms with Gasteiger partial charge >= 0.3 is 5.97 Å². The minimum Gasteiger partial charge on any atom is -0.456 e. The number of halogens is 1. The minimum atomic E-state index is -0.527. The van der Waals surface area contributed by atoms with Crippen molar-refractivity contribution in [2.75, 3.05) is 18.5 Å². The fraction of sp³-hybridized carbons (Fsp3) is 0.526. The third-order valence-corrected chi connectivity index (χ3v) is 5.25. The Morgan fingerprint density at radius 1 is 1.08 bits per heavy atom. The molecule has 2 saturated carbocycles. The van der Waals surface area contributed by atoms with Crippen molar-refractivity contribution in [1.82, 2.24) is 5.32 Å². The van der Waals surface area contributed by atoms with Crippen molar-refractivity contribution in [3.05, 3.63) is 30.1 Å². The van der Waals surface area contributed by atoms with E-state index in [1.807, 2.05) is 0 Å². The number of fused-ring (bicyclic) bond motifs is 2. The lowest BCUT2D eigenvalue weighted by atomic mass is 9.86. The zero-order chi connectivity index (χ0) is 18.5. The number of esters is 1. The number of carbonyl (C=O) groups is 3. The van der Waals surface area contributed by atoms with Crippen LogP contribution in [0.25, 0.3) is 0 Å². The number of benzene rings is 1. The van der Waals surface area contributed by atoms with E-state index < -0.39 is 17.6 Å². The monoisotopic (exact) mass is 362 g/mol. The van der Waals surface area contributed by atoms with Crippen LogP contribution in [0.3, 0.4) is 0 Å². The summed E-state index contributed by atoms with van der Waals surface area (Å²) < 4.78 is 17.8. The van der Waals surface area contributed by atoms with Crippen LogP contribution in [0.5, 0.6) is 0 Å². The number of hydrogen-bond acceptors (Lipinski definition) is 4. The van der Waals surface area contributed by atoms with Crippen LogP contribution >= 0.6 is 0 Å². The second-order valence-corrected chi connectivity index (χ2v) is 7.13. The van der Waals surface area contributed by atoms with E-state index in [0.29, 0.717) is 23.9 Å².